The number of hydrogen-bond acceptors (Lipinski definition) is 4. The van der Waals surface area contributed by atoms with Crippen LogP contribution >= 0.6 is 0 Å². The number of azo groups is 1. The molecule has 0 amide bonds. The lowest BCUT2D eigenvalue weighted by Gasteiger charge is -2.06. The molecule has 0 aromatic heterocycles. The molecule has 0 aromatic rings. The quantitative estimate of drug-likeness (QED) is 0.690. The van der Waals surface area contributed by atoms with E-state index in [1.807, 2.05) is 6.92 Å². The summed E-state index contributed by atoms with van der Waals surface area (Å²) in [6.07, 6.45) is 0.972. The van der Waals surface area contributed by atoms with Crippen LogP contribution in [0.25, 0.3) is 0 Å². The van der Waals surface area contributed by atoms with Crippen molar-refractivity contribution < 1.29 is 9.90 Å². The van der Waals surface area contributed by atoms with Crippen molar-refractivity contribution in [3.8, 4) is 0 Å². The third kappa shape index (κ3) is 35.0. The molecule has 0 aliphatic heterocycles. The van der Waals surface area contributed by atoms with E-state index < -0.39 is 5.72 Å². The normalized spacial score (nSPS) is 10.9. The van der Waals surface area contributed by atoms with Crippen LogP contribution in [0.4, 0.5) is 0 Å². The van der Waals surface area contributed by atoms with Gasteiger partial charge in [0.05, 0.1) is 6.54 Å². The highest BCUT2D eigenvalue weighted by molar-refractivity contribution is 5.72. The highest BCUT2D eigenvalue weighted by atomic mass is 16.3. The fourth-order valence-electron chi connectivity index (χ4n) is 0.323. The fourth-order valence-corrected chi connectivity index (χ4v) is 0.323. The van der Waals surface area contributed by atoms with E-state index in [0.29, 0.717) is 6.54 Å². The van der Waals surface area contributed by atoms with Gasteiger partial charge in [0.2, 0.25) is 0 Å². The second-order valence-corrected chi connectivity index (χ2v) is 3.37. The second-order valence-electron chi connectivity index (χ2n) is 3.37. The summed E-state index contributed by atoms with van der Waals surface area (Å²) in [6, 6.07) is 0. The van der Waals surface area contributed by atoms with Gasteiger partial charge in [-0.3, -0.25) is 0 Å². The van der Waals surface area contributed by atoms with Gasteiger partial charge >= 0.3 is 0 Å². The first-order valence-corrected chi connectivity index (χ1v) is 4.37. The van der Waals surface area contributed by atoms with Crippen LogP contribution in [0.3, 0.4) is 0 Å². The summed E-state index contributed by atoms with van der Waals surface area (Å²) >= 11 is 0. The summed E-state index contributed by atoms with van der Waals surface area (Å²) in [5.41, 5.74) is -0.991. The summed E-state index contributed by atoms with van der Waals surface area (Å²) in [5.74, 6) is 0.167. The number of carbonyl (C=O) groups is 1. The Hall–Kier alpha value is -0.770. The Balaban J connectivity index is 0. The summed E-state index contributed by atoms with van der Waals surface area (Å²) in [4.78, 5) is 9.44. The maximum atomic E-state index is 9.44. The van der Waals surface area contributed by atoms with Crippen LogP contribution < -0.4 is 0 Å². The molecule has 0 rings (SSSR count). The molecule has 78 valence electrons. The van der Waals surface area contributed by atoms with Gasteiger partial charge in [0.15, 0.2) is 5.72 Å². The van der Waals surface area contributed by atoms with E-state index in [2.05, 4.69) is 10.2 Å². The zero-order valence-electron chi connectivity index (χ0n) is 9.16. The molecule has 0 bridgehead atoms. The number of rotatable bonds is 3. The van der Waals surface area contributed by atoms with Crippen molar-refractivity contribution in [1.29, 1.82) is 0 Å². The molecular weight excluding hydrogens is 168 g/mol. The van der Waals surface area contributed by atoms with E-state index in [-0.39, 0.29) is 5.78 Å². The molecule has 0 aromatic carbocycles. The van der Waals surface area contributed by atoms with Crippen LogP contribution in [-0.2, 0) is 4.79 Å². The largest absolute Gasteiger partial charge is 0.368 e. The van der Waals surface area contributed by atoms with Gasteiger partial charge in [-0.1, -0.05) is 6.92 Å². The number of ketones is 1. The average molecular weight is 188 g/mol. The fraction of sp³-hybridized carbons (Fsp3) is 0.889. The van der Waals surface area contributed by atoms with Gasteiger partial charge < -0.3 is 9.90 Å². The number of aliphatic hydroxyl groups is 1. The van der Waals surface area contributed by atoms with E-state index in [1.54, 1.807) is 13.8 Å². The molecule has 0 fully saturated rings. The molecule has 0 heterocycles. The SMILES string of the molecule is CC(C)=O.CCCN=NC(C)(C)O. The van der Waals surface area contributed by atoms with Crippen molar-refractivity contribution in [3.63, 3.8) is 0 Å². The van der Waals surface area contributed by atoms with Crippen molar-refractivity contribution in [3.05, 3.63) is 0 Å². The van der Waals surface area contributed by atoms with Gasteiger partial charge in [0, 0.05) is 0 Å². The average Bonchev–Trinajstić information content (AvgIpc) is 1.83. The van der Waals surface area contributed by atoms with E-state index in [0.717, 1.165) is 6.42 Å². The first kappa shape index (κ1) is 14.7. The van der Waals surface area contributed by atoms with Crippen LogP contribution in [0.5, 0.6) is 0 Å². The molecule has 1 N–H and O–H groups in total. The minimum atomic E-state index is -0.991. The number of hydrogen-bond donors (Lipinski definition) is 1. The monoisotopic (exact) mass is 188 g/mol. The number of nitrogens with zero attached hydrogens (tertiary/aromatic N) is 2. The van der Waals surface area contributed by atoms with Crippen LogP contribution in [-0.4, -0.2) is 23.2 Å². The molecule has 0 saturated heterocycles. The van der Waals surface area contributed by atoms with Gasteiger partial charge in [0.1, 0.15) is 5.78 Å². The lowest BCUT2D eigenvalue weighted by Crippen LogP contribution is -2.13. The van der Waals surface area contributed by atoms with Gasteiger partial charge in [0.25, 0.3) is 0 Å². The smallest absolute Gasteiger partial charge is 0.170 e. The van der Waals surface area contributed by atoms with Gasteiger partial charge in [-0.15, -0.1) is 0 Å². The zero-order chi connectivity index (χ0) is 10.9. The Morgan fingerprint density at radius 2 is 1.77 bits per heavy atom. The van der Waals surface area contributed by atoms with E-state index in [9.17, 15) is 4.79 Å². The Morgan fingerprint density at radius 1 is 1.38 bits per heavy atom. The van der Waals surface area contributed by atoms with Gasteiger partial charge in [-0.25, -0.2) is 0 Å². The summed E-state index contributed by atoms with van der Waals surface area (Å²) < 4.78 is 0. The van der Waals surface area contributed by atoms with E-state index in [4.69, 9.17) is 5.11 Å². The van der Waals surface area contributed by atoms with E-state index in [1.165, 1.54) is 13.8 Å². The Labute approximate surface area is 80.1 Å². The molecule has 0 saturated carbocycles. The molecule has 0 spiro atoms. The molecule has 0 radical (unpaired) electrons. The van der Waals surface area contributed by atoms with Crippen molar-refractivity contribution in [2.24, 2.45) is 10.2 Å². The molecule has 13 heavy (non-hydrogen) atoms. The van der Waals surface area contributed by atoms with Crippen molar-refractivity contribution in [2.75, 3.05) is 6.54 Å². The molecule has 4 nitrogen and oxygen atoms in total. The van der Waals surface area contributed by atoms with Crippen molar-refractivity contribution >= 4 is 5.78 Å². The maximum Gasteiger partial charge on any atom is 0.170 e. The predicted octanol–water partition coefficient (Wildman–Crippen LogP) is 2.17. The predicted molar refractivity (Wildman–Crippen MR) is 52.7 cm³/mol. The van der Waals surface area contributed by atoms with Crippen LogP contribution in [0.1, 0.15) is 41.0 Å². The second kappa shape index (κ2) is 7.86. The molecule has 0 aliphatic rings. The topological polar surface area (TPSA) is 62.0 Å². The lowest BCUT2D eigenvalue weighted by molar-refractivity contribution is -0.114. The standard InChI is InChI=1S/C6H14N2O.C3H6O/c1-4-5-7-8-6(2,3)9;1-3(2)4/h9H,4-5H2,1-3H3;1-2H3. The summed E-state index contributed by atoms with van der Waals surface area (Å²) in [7, 11) is 0. The number of carbonyl (C=O) groups excluding carboxylic acids is 1. The lowest BCUT2D eigenvalue weighted by atomic mass is 10.3. The van der Waals surface area contributed by atoms with Crippen LogP contribution in [0.15, 0.2) is 10.2 Å². The molecule has 0 aliphatic carbocycles. The highest BCUT2D eigenvalue weighted by Gasteiger charge is 2.07. The maximum absolute atomic E-state index is 9.44. The molecular formula is C9H20N2O2. The third-order valence-corrected chi connectivity index (χ3v) is 0.639. The summed E-state index contributed by atoms with van der Waals surface area (Å²) in [6.45, 7) is 8.98. The van der Waals surface area contributed by atoms with Crippen molar-refractivity contribution in [1.82, 2.24) is 0 Å². The minimum Gasteiger partial charge on any atom is -0.368 e. The van der Waals surface area contributed by atoms with Crippen molar-refractivity contribution in [2.45, 2.75) is 46.8 Å². The molecule has 0 unspecified atom stereocenters. The van der Waals surface area contributed by atoms with Crippen LogP contribution in [0, 0.1) is 0 Å². The zero-order valence-corrected chi connectivity index (χ0v) is 9.16. The Morgan fingerprint density at radius 3 is 2.00 bits per heavy atom. The molecule has 4 heteroatoms. The first-order valence-electron chi connectivity index (χ1n) is 4.37. The van der Waals surface area contributed by atoms with Gasteiger partial charge in [-0.2, -0.15) is 10.2 Å². The van der Waals surface area contributed by atoms with Gasteiger partial charge in [-0.05, 0) is 34.1 Å². The summed E-state index contributed by atoms with van der Waals surface area (Å²) in [5, 5.41) is 16.3. The minimum absolute atomic E-state index is 0.167. The number of Topliss-reactive ketones (excluding diaryl/α,β-unsaturated/α-hetero) is 1. The Bertz CT molecular complexity index is 155. The first-order chi connectivity index (χ1) is 5.79. The van der Waals surface area contributed by atoms with E-state index >= 15 is 0 Å². The Kier molecular flexibility index (Phi) is 8.91. The van der Waals surface area contributed by atoms with Crippen LogP contribution in [0.2, 0.25) is 0 Å². The highest BCUT2D eigenvalue weighted by Crippen LogP contribution is 2.02. The third-order valence-electron chi connectivity index (χ3n) is 0.639. The molecule has 0 atom stereocenters.